The summed E-state index contributed by atoms with van der Waals surface area (Å²) < 4.78 is 5.65. The first kappa shape index (κ1) is 12.0. The smallest absolute Gasteiger partial charge is 0.313 e. The molecule has 1 aromatic carbocycles. The highest BCUT2D eigenvalue weighted by Crippen LogP contribution is 2.38. The van der Waals surface area contributed by atoms with Crippen molar-refractivity contribution in [1.29, 1.82) is 0 Å². The standard InChI is InChI=1S/C14H18O3/c1-11-5-4-6-12(9-11)17-10-14(13(15)16)7-2-3-8-14/h4-6,9H,2-3,7-8,10H2,1H3,(H,15,16). The molecule has 0 atom stereocenters. The number of hydrogen-bond acceptors (Lipinski definition) is 2. The summed E-state index contributed by atoms with van der Waals surface area (Å²) in [6.07, 6.45) is 3.44. The van der Waals surface area contributed by atoms with Crippen LogP contribution in [0.2, 0.25) is 0 Å². The van der Waals surface area contributed by atoms with Crippen LogP contribution in [0.1, 0.15) is 31.2 Å². The molecule has 0 aromatic heterocycles. The molecule has 1 N–H and O–H groups in total. The normalized spacial score (nSPS) is 17.9. The van der Waals surface area contributed by atoms with E-state index in [1.54, 1.807) is 0 Å². The predicted molar refractivity (Wildman–Crippen MR) is 65.2 cm³/mol. The quantitative estimate of drug-likeness (QED) is 0.871. The number of aliphatic carboxylic acids is 1. The molecule has 1 fully saturated rings. The summed E-state index contributed by atoms with van der Waals surface area (Å²) in [6.45, 7) is 2.28. The van der Waals surface area contributed by atoms with E-state index >= 15 is 0 Å². The van der Waals surface area contributed by atoms with Crippen LogP contribution in [0.3, 0.4) is 0 Å². The molecule has 0 bridgehead atoms. The van der Waals surface area contributed by atoms with Crippen molar-refractivity contribution in [2.45, 2.75) is 32.6 Å². The Morgan fingerprint density at radius 1 is 1.41 bits per heavy atom. The van der Waals surface area contributed by atoms with E-state index in [1.165, 1.54) is 0 Å². The maximum absolute atomic E-state index is 11.3. The average molecular weight is 234 g/mol. The van der Waals surface area contributed by atoms with Gasteiger partial charge in [-0.1, -0.05) is 25.0 Å². The predicted octanol–water partition coefficient (Wildman–Crippen LogP) is 3.02. The Morgan fingerprint density at radius 3 is 2.71 bits per heavy atom. The van der Waals surface area contributed by atoms with Gasteiger partial charge in [0.15, 0.2) is 0 Å². The lowest BCUT2D eigenvalue weighted by Gasteiger charge is -2.23. The van der Waals surface area contributed by atoms with Crippen molar-refractivity contribution in [3.05, 3.63) is 29.8 Å². The monoisotopic (exact) mass is 234 g/mol. The lowest BCUT2D eigenvalue weighted by molar-refractivity contribution is -0.150. The molecule has 1 aliphatic carbocycles. The number of hydrogen-bond donors (Lipinski definition) is 1. The molecule has 3 nitrogen and oxygen atoms in total. The van der Waals surface area contributed by atoms with Crippen molar-refractivity contribution in [1.82, 2.24) is 0 Å². The van der Waals surface area contributed by atoms with Crippen LogP contribution >= 0.6 is 0 Å². The van der Waals surface area contributed by atoms with Gasteiger partial charge < -0.3 is 9.84 Å². The van der Waals surface area contributed by atoms with Gasteiger partial charge in [0.05, 0.1) is 0 Å². The van der Waals surface area contributed by atoms with Gasteiger partial charge in [-0.25, -0.2) is 0 Å². The van der Waals surface area contributed by atoms with Crippen LogP contribution in [-0.2, 0) is 4.79 Å². The van der Waals surface area contributed by atoms with Gasteiger partial charge in [-0.3, -0.25) is 4.79 Å². The number of benzene rings is 1. The summed E-state index contributed by atoms with van der Waals surface area (Å²) in [4.78, 5) is 11.3. The molecule has 0 spiro atoms. The molecular weight excluding hydrogens is 216 g/mol. The summed E-state index contributed by atoms with van der Waals surface area (Å²) >= 11 is 0. The van der Waals surface area contributed by atoms with Crippen molar-refractivity contribution in [2.75, 3.05) is 6.61 Å². The largest absolute Gasteiger partial charge is 0.492 e. The second kappa shape index (κ2) is 4.78. The highest BCUT2D eigenvalue weighted by atomic mass is 16.5. The summed E-state index contributed by atoms with van der Waals surface area (Å²) in [5.74, 6) is 0.0418. The first-order valence-corrected chi connectivity index (χ1v) is 6.05. The van der Waals surface area contributed by atoms with E-state index in [9.17, 15) is 9.90 Å². The van der Waals surface area contributed by atoms with Crippen LogP contribution in [0, 0.1) is 12.3 Å². The Morgan fingerprint density at radius 2 is 2.12 bits per heavy atom. The second-order valence-corrected chi connectivity index (χ2v) is 4.90. The Labute approximate surface area is 101 Å². The number of carboxylic acid groups (broad SMARTS) is 1. The van der Waals surface area contributed by atoms with Gasteiger partial charge in [-0.05, 0) is 37.5 Å². The third kappa shape index (κ3) is 2.60. The van der Waals surface area contributed by atoms with Crippen molar-refractivity contribution >= 4 is 5.97 Å². The zero-order chi connectivity index (χ0) is 12.3. The van der Waals surface area contributed by atoms with Crippen LogP contribution in [0.25, 0.3) is 0 Å². The van der Waals surface area contributed by atoms with E-state index in [0.717, 1.165) is 37.0 Å². The highest BCUT2D eigenvalue weighted by Gasteiger charge is 2.42. The fraction of sp³-hybridized carbons (Fsp3) is 0.500. The van der Waals surface area contributed by atoms with Crippen LogP contribution < -0.4 is 4.74 Å². The van der Waals surface area contributed by atoms with Crippen molar-refractivity contribution < 1.29 is 14.6 Å². The van der Waals surface area contributed by atoms with Crippen LogP contribution in [0.15, 0.2) is 24.3 Å². The Hall–Kier alpha value is -1.51. The Bertz CT molecular complexity index is 406. The average Bonchev–Trinajstić information content (AvgIpc) is 2.76. The minimum atomic E-state index is -0.720. The molecular formula is C14H18O3. The van der Waals surface area contributed by atoms with Crippen LogP contribution in [0.5, 0.6) is 5.75 Å². The summed E-state index contributed by atoms with van der Waals surface area (Å²) in [5, 5.41) is 9.32. The molecule has 0 radical (unpaired) electrons. The van der Waals surface area contributed by atoms with Gasteiger partial charge >= 0.3 is 5.97 Å². The number of aryl methyl sites for hydroxylation is 1. The molecule has 1 aromatic rings. The fourth-order valence-corrected chi connectivity index (χ4v) is 2.40. The van der Waals surface area contributed by atoms with E-state index in [2.05, 4.69) is 0 Å². The maximum atomic E-state index is 11.3. The van der Waals surface area contributed by atoms with Crippen molar-refractivity contribution in [3.8, 4) is 5.75 Å². The highest BCUT2D eigenvalue weighted by molar-refractivity contribution is 5.75. The molecule has 0 saturated heterocycles. The second-order valence-electron chi connectivity index (χ2n) is 4.90. The van der Waals surface area contributed by atoms with Gasteiger partial charge in [-0.2, -0.15) is 0 Å². The van der Waals surface area contributed by atoms with Crippen molar-refractivity contribution in [3.63, 3.8) is 0 Å². The lowest BCUT2D eigenvalue weighted by Crippen LogP contribution is -2.34. The minimum Gasteiger partial charge on any atom is -0.492 e. The third-order valence-electron chi connectivity index (χ3n) is 3.52. The molecule has 2 rings (SSSR count). The SMILES string of the molecule is Cc1cccc(OCC2(C(=O)O)CCCC2)c1. The summed E-state index contributed by atoms with van der Waals surface area (Å²) in [5.41, 5.74) is 0.460. The minimum absolute atomic E-state index is 0.284. The molecule has 0 aliphatic heterocycles. The first-order chi connectivity index (χ1) is 8.12. The molecule has 0 unspecified atom stereocenters. The molecule has 0 amide bonds. The molecule has 1 saturated carbocycles. The molecule has 0 heterocycles. The van der Waals surface area contributed by atoms with Gasteiger partial charge in [0.1, 0.15) is 17.8 Å². The zero-order valence-corrected chi connectivity index (χ0v) is 10.1. The third-order valence-corrected chi connectivity index (χ3v) is 3.52. The summed E-state index contributed by atoms with van der Waals surface area (Å²) in [6, 6.07) is 7.73. The van der Waals surface area contributed by atoms with E-state index in [1.807, 2.05) is 31.2 Å². The van der Waals surface area contributed by atoms with E-state index < -0.39 is 11.4 Å². The Balaban J connectivity index is 2.03. The number of carbonyl (C=O) groups is 1. The topological polar surface area (TPSA) is 46.5 Å². The number of rotatable bonds is 4. The number of carboxylic acids is 1. The van der Waals surface area contributed by atoms with E-state index in [4.69, 9.17) is 4.74 Å². The molecule has 17 heavy (non-hydrogen) atoms. The Kier molecular flexibility index (Phi) is 3.36. The van der Waals surface area contributed by atoms with E-state index in [-0.39, 0.29) is 6.61 Å². The first-order valence-electron chi connectivity index (χ1n) is 6.05. The molecule has 1 aliphatic rings. The van der Waals surface area contributed by atoms with E-state index in [0.29, 0.717) is 0 Å². The van der Waals surface area contributed by atoms with Gasteiger partial charge in [0.25, 0.3) is 0 Å². The van der Waals surface area contributed by atoms with Gasteiger partial charge in [-0.15, -0.1) is 0 Å². The van der Waals surface area contributed by atoms with Gasteiger partial charge in [0, 0.05) is 0 Å². The van der Waals surface area contributed by atoms with Crippen molar-refractivity contribution in [2.24, 2.45) is 5.41 Å². The maximum Gasteiger partial charge on any atom is 0.313 e. The zero-order valence-electron chi connectivity index (χ0n) is 10.1. The van der Waals surface area contributed by atoms with Gasteiger partial charge in [0.2, 0.25) is 0 Å². The summed E-state index contributed by atoms with van der Waals surface area (Å²) in [7, 11) is 0. The fourth-order valence-electron chi connectivity index (χ4n) is 2.40. The molecule has 92 valence electrons. The van der Waals surface area contributed by atoms with Crippen LogP contribution in [0.4, 0.5) is 0 Å². The molecule has 3 heteroatoms. The van der Waals surface area contributed by atoms with Crippen LogP contribution in [-0.4, -0.2) is 17.7 Å². The number of ether oxygens (including phenoxy) is 1. The lowest BCUT2D eigenvalue weighted by atomic mass is 9.87.